The van der Waals surface area contributed by atoms with Crippen molar-refractivity contribution in [3.8, 4) is 0 Å². The van der Waals surface area contributed by atoms with Crippen LogP contribution in [-0.4, -0.2) is 16.1 Å². The van der Waals surface area contributed by atoms with Gasteiger partial charge in [0.2, 0.25) is 0 Å². The fraction of sp³-hybridized carbons (Fsp3) is 0.455. The number of hydrogen-bond acceptors (Lipinski definition) is 2. The molecular weight excluding hydrogens is 216 g/mol. The van der Waals surface area contributed by atoms with E-state index in [4.69, 9.17) is 11.6 Å². The van der Waals surface area contributed by atoms with Gasteiger partial charge in [0.15, 0.2) is 0 Å². The molecule has 0 radical (unpaired) electrons. The summed E-state index contributed by atoms with van der Waals surface area (Å²) in [7, 11) is 0. The standard InChI is InChI=1S/C11H13ClOS/c1-8-11(13,6-7-14-8)9-2-4-10(12)5-3-9/h2-5,8,13H,6-7H2,1H3. The van der Waals surface area contributed by atoms with Crippen LogP contribution in [0.2, 0.25) is 5.02 Å². The zero-order valence-corrected chi connectivity index (χ0v) is 9.61. The van der Waals surface area contributed by atoms with Crippen molar-refractivity contribution < 1.29 is 5.11 Å². The Kier molecular flexibility index (Phi) is 2.78. The number of rotatable bonds is 1. The molecule has 1 aromatic rings. The molecule has 0 aromatic heterocycles. The van der Waals surface area contributed by atoms with Crippen LogP contribution in [0.15, 0.2) is 24.3 Å². The second-order valence-electron chi connectivity index (χ2n) is 3.69. The number of benzene rings is 1. The maximum atomic E-state index is 10.5. The molecule has 1 saturated heterocycles. The minimum atomic E-state index is -0.657. The van der Waals surface area contributed by atoms with E-state index in [0.717, 1.165) is 22.8 Å². The molecule has 0 amide bonds. The van der Waals surface area contributed by atoms with Gasteiger partial charge in [0.05, 0.1) is 0 Å². The van der Waals surface area contributed by atoms with Gasteiger partial charge in [-0.05, 0) is 29.9 Å². The van der Waals surface area contributed by atoms with E-state index >= 15 is 0 Å². The van der Waals surface area contributed by atoms with Crippen molar-refractivity contribution in [1.29, 1.82) is 0 Å². The van der Waals surface area contributed by atoms with Gasteiger partial charge in [-0.2, -0.15) is 11.8 Å². The number of halogens is 1. The van der Waals surface area contributed by atoms with Crippen molar-refractivity contribution in [2.45, 2.75) is 24.2 Å². The molecule has 1 aromatic carbocycles. The van der Waals surface area contributed by atoms with Crippen molar-refractivity contribution >= 4 is 23.4 Å². The lowest BCUT2D eigenvalue weighted by molar-refractivity contribution is 0.0427. The molecule has 0 saturated carbocycles. The van der Waals surface area contributed by atoms with Crippen LogP contribution in [0.5, 0.6) is 0 Å². The molecule has 0 aliphatic carbocycles. The largest absolute Gasteiger partial charge is 0.384 e. The van der Waals surface area contributed by atoms with Gasteiger partial charge in [0.25, 0.3) is 0 Å². The summed E-state index contributed by atoms with van der Waals surface area (Å²) in [6.45, 7) is 2.08. The van der Waals surface area contributed by atoms with Gasteiger partial charge < -0.3 is 5.11 Å². The molecule has 0 bridgehead atoms. The Balaban J connectivity index is 2.34. The summed E-state index contributed by atoms with van der Waals surface area (Å²) < 4.78 is 0. The van der Waals surface area contributed by atoms with Crippen LogP contribution in [0, 0.1) is 0 Å². The Morgan fingerprint density at radius 1 is 1.43 bits per heavy atom. The van der Waals surface area contributed by atoms with E-state index in [1.165, 1.54) is 0 Å². The molecule has 1 aliphatic heterocycles. The van der Waals surface area contributed by atoms with Crippen molar-refractivity contribution in [2.75, 3.05) is 5.75 Å². The Morgan fingerprint density at radius 2 is 2.07 bits per heavy atom. The summed E-state index contributed by atoms with van der Waals surface area (Å²) in [6.07, 6.45) is 0.834. The number of aliphatic hydroxyl groups is 1. The highest BCUT2D eigenvalue weighted by molar-refractivity contribution is 8.00. The van der Waals surface area contributed by atoms with Crippen LogP contribution < -0.4 is 0 Å². The highest BCUT2D eigenvalue weighted by Crippen LogP contribution is 2.43. The average molecular weight is 229 g/mol. The Hall–Kier alpha value is -0.180. The predicted octanol–water partition coefficient (Wildman–Crippen LogP) is 3.05. The van der Waals surface area contributed by atoms with Crippen LogP contribution in [0.25, 0.3) is 0 Å². The summed E-state index contributed by atoms with van der Waals surface area (Å²) in [4.78, 5) is 0. The van der Waals surface area contributed by atoms with Gasteiger partial charge in [0, 0.05) is 10.3 Å². The predicted molar refractivity (Wildman–Crippen MR) is 61.9 cm³/mol. The minimum absolute atomic E-state index is 0.267. The molecule has 2 rings (SSSR count). The molecule has 1 N–H and O–H groups in total. The molecule has 1 fully saturated rings. The van der Waals surface area contributed by atoms with Crippen LogP contribution in [-0.2, 0) is 5.60 Å². The third kappa shape index (κ3) is 1.67. The smallest absolute Gasteiger partial charge is 0.102 e. The van der Waals surface area contributed by atoms with E-state index in [1.54, 1.807) is 0 Å². The first-order valence-electron chi connectivity index (χ1n) is 4.73. The van der Waals surface area contributed by atoms with Gasteiger partial charge >= 0.3 is 0 Å². The molecule has 3 heteroatoms. The van der Waals surface area contributed by atoms with E-state index in [0.29, 0.717) is 0 Å². The molecular formula is C11H13ClOS. The maximum Gasteiger partial charge on any atom is 0.102 e. The third-order valence-electron chi connectivity index (χ3n) is 2.87. The van der Waals surface area contributed by atoms with E-state index in [-0.39, 0.29) is 5.25 Å². The van der Waals surface area contributed by atoms with Crippen LogP contribution in [0.1, 0.15) is 18.9 Å². The van der Waals surface area contributed by atoms with Gasteiger partial charge in [-0.15, -0.1) is 0 Å². The van der Waals surface area contributed by atoms with Crippen LogP contribution in [0.4, 0.5) is 0 Å². The van der Waals surface area contributed by atoms with Crippen molar-refractivity contribution in [3.63, 3.8) is 0 Å². The Labute approximate surface area is 93.5 Å². The molecule has 2 unspecified atom stereocenters. The summed E-state index contributed by atoms with van der Waals surface area (Å²) in [5.41, 5.74) is 0.328. The second kappa shape index (κ2) is 3.76. The molecule has 0 spiro atoms. The van der Waals surface area contributed by atoms with Crippen molar-refractivity contribution in [3.05, 3.63) is 34.9 Å². The lowest BCUT2D eigenvalue weighted by Gasteiger charge is -2.27. The second-order valence-corrected chi connectivity index (χ2v) is 5.58. The van der Waals surface area contributed by atoms with Gasteiger partial charge in [-0.25, -0.2) is 0 Å². The lowest BCUT2D eigenvalue weighted by Crippen LogP contribution is -2.31. The van der Waals surface area contributed by atoms with E-state index in [9.17, 15) is 5.11 Å². The van der Waals surface area contributed by atoms with Gasteiger partial charge in [-0.1, -0.05) is 30.7 Å². The highest BCUT2D eigenvalue weighted by atomic mass is 35.5. The fourth-order valence-corrected chi connectivity index (χ4v) is 3.29. The number of thioether (sulfide) groups is 1. The molecule has 2 atom stereocenters. The van der Waals surface area contributed by atoms with Crippen LogP contribution >= 0.6 is 23.4 Å². The zero-order valence-electron chi connectivity index (χ0n) is 8.03. The monoisotopic (exact) mass is 228 g/mol. The van der Waals surface area contributed by atoms with E-state index < -0.39 is 5.60 Å². The molecule has 76 valence electrons. The first-order chi connectivity index (χ1) is 6.63. The Bertz CT molecular complexity index is 325. The SMILES string of the molecule is CC1SCCC1(O)c1ccc(Cl)cc1. The van der Waals surface area contributed by atoms with E-state index in [2.05, 4.69) is 6.92 Å². The van der Waals surface area contributed by atoms with Crippen LogP contribution in [0.3, 0.4) is 0 Å². The maximum absolute atomic E-state index is 10.5. The average Bonchev–Trinajstić information content (AvgIpc) is 2.49. The highest BCUT2D eigenvalue weighted by Gasteiger charge is 2.40. The van der Waals surface area contributed by atoms with E-state index in [1.807, 2.05) is 36.0 Å². The Morgan fingerprint density at radius 3 is 2.57 bits per heavy atom. The van der Waals surface area contributed by atoms with Crippen molar-refractivity contribution in [1.82, 2.24) is 0 Å². The molecule has 14 heavy (non-hydrogen) atoms. The topological polar surface area (TPSA) is 20.2 Å². The van der Waals surface area contributed by atoms with Crippen molar-refractivity contribution in [2.24, 2.45) is 0 Å². The first-order valence-corrected chi connectivity index (χ1v) is 6.15. The number of hydrogen-bond donors (Lipinski definition) is 1. The van der Waals surface area contributed by atoms with Gasteiger partial charge in [-0.3, -0.25) is 0 Å². The molecule has 1 aliphatic rings. The lowest BCUT2D eigenvalue weighted by atomic mass is 9.89. The first kappa shape index (κ1) is 10.3. The summed E-state index contributed by atoms with van der Waals surface area (Å²) in [5, 5.41) is 11.4. The third-order valence-corrected chi connectivity index (χ3v) is 4.45. The molecule has 1 heterocycles. The summed E-state index contributed by atoms with van der Waals surface area (Å²) in [6, 6.07) is 7.52. The summed E-state index contributed by atoms with van der Waals surface area (Å²) >= 11 is 7.63. The zero-order chi connectivity index (χ0) is 10.2. The summed E-state index contributed by atoms with van der Waals surface area (Å²) in [5.74, 6) is 1.03. The van der Waals surface area contributed by atoms with Gasteiger partial charge in [0.1, 0.15) is 5.60 Å². The molecule has 1 nitrogen and oxygen atoms in total. The quantitative estimate of drug-likeness (QED) is 0.798. The minimum Gasteiger partial charge on any atom is -0.384 e. The fourth-order valence-electron chi connectivity index (χ4n) is 1.85. The normalized spacial score (nSPS) is 32.1.